The van der Waals surface area contributed by atoms with E-state index in [1.165, 1.54) is 0 Å². The second kappa shape index (κ2) is 4.00. The molecule has 0 radical (unpaired) electrons. The van der Waals surface area contributed by atoms with Gasteiger partial charge in [0.25, 0.3) is 0 Å². The van der Waals surface area contributed by atoms with Gasteiger partial charge in [-0.3, -0.25) is 0 Å². The van der Waals surface area contributed by atoms with Gasteiger partial charge in [0.1, 0.15) is 0 Å². The highest BCUT2D eigenvalue weighted by Crippen LogP contribution is 2.26. The van der Waals surface area contributed by atoms with Crippen LogP contribution in [0, 0.1) is 0 Å². The molecule has 3 rings (SSSR count). The van der Waals surface area contributed by atoms with Gasteiger partial charge in [-0.05, 0) is 23.8 Å². The minimum Gasteiger partial charge on any atom is -0.478 e. The van der Waals surface area contributed by atoms with Crippen molar-refractivity contribution >= 4 is 17.1 Å². The maximum absolute atomic E-state index is 11.2. The van der Waals surface area contributed by atoms with Gasteiger partial charge in [0.15, 0.2) is 0 Å². The fourth-order valence-electron chi connectivity index (χ4n) is 1.93. The Morgan fingerprint density at radius 1 is 1.22 bits per heavy atom. The number of carboxylic acid groups (broad SMARTS) is 1. The van der Waals surface area contributed by atoms with Gasteiger partial charge in [-0.2, -0.15) is 0 Å². The van der Waals surface area contributed by atoms with Crippen LogP contribution in [0.1, 0.15) is 10.4 Å². The van der Waals surface area contributed by atoms with Crippen LogP contribution in [0.15, 0.2) is 53.3 Å². The lowest BCUT2D eigenvalue weighted by molar-refractivity contribution is 0.0697. The maximum atomic E-state index is 11.2. The Morgan fingerprint density at radius 3 is 2.89 bits per heavy atom. The summed E-state index contributed by atoms with van der Waals surface area (Å²) in [4.78, 5) is 15.3. The van der Waals surface area contributed by atoms with Crippen LogP contribution >= 0.6 is 0 Å². The first-order valence-corrected chi connectivity index (χ1v) is 5.41. The number of pyridine rings is 1. The first kappa shape index (κ1) is 10.5. The van der Waals surface area contributed by atoms with E-state index in [1.807, 2.05) is 6.07 Å². The number of carbonyl (C=O) groups is 1. The zero-order valence-corrected chi connectivity index (χ0v) is 9.33. The van der Waals surface area contributed by atoms with Gasteiger partial charge in [-0.25, -0.2) is 9.78 Å². The minimum atomic E-state index is -0.946. The average Bonchev–Trinajstić information content (AvgIpc) is 2.85. The molecule has 18 heavy (non-hydrogen) atoms. The van der Waals surface area contributed by atoms with Crippen molar-refractivity contribution in [2.45, 2.75) is 0 Å². The molecule has 0 saturated heterocycles. The van der Waals surface area contributed by atoms with Gasteiger partial charge in [0, 0.05) is 17.1 Å². The molecule has 0 spiro atoms. The van der Waals surface area contributed by atoms with E-state index in [-0.39, 0.29) is 5.56 Å². The van der Waals surface area contributed by atoms with E-state index in [9.17, 15) is 4.79 Å². The lowest BCUT2D eigenvalue weighted by Crippen LogP contribution is -1.99. The second-order valence-electron chi connectivity index (χ2n) is 3.89. The third kappa shape index (κ3) is 1.64. The molecule has 0 fully saturated rings. The summed E-state index contributed by atoms with van der Waals surface area (Å²) in [5.41, 5.74) is 2.23. The monoisotopic (exact) mass is 239 g/mol. The number of hydrogen-bond acceptors (Lipinski definition) is 3. The number of fused-ring (bicyclic) bond motifs is 1. The summed E-state index contributed by atoms with van der Waals surface area (Å²) in [6.07, 6.45) is 3.18. The molecule has 0 aliphatic carbocycles. The Bertz CT molecular complexity index is 730. The quantitative estimate of drug-likeness (QED) is 0.745. The Balaban J connectivity index is 2.22. The number of rotatable bonds is 2. The maximum Gasteiger partial charge on any atom is 0.336 e. The Kier molecular flexibility index (Phi) is 2.34. The number of carboxylic acids is 1. The number of nitrogens with zero attached hydrogens (tertiary/aromatic N) is 1. The first-order valence-electron chi connectivity index (χ1n) is 5.41. The number of furan rings is 1. The minimum absolute atomic E-state index is 0.266. The predicted molar refractivity (Wildman–Crippen MR) is 66.4 cm³/mol. The van der Waals surface area contributed by atoms with Crippen molar-refractivity contribution in [3.05, 3.63) is 54.4 Å². The summed E-state index contributed by atoms with van der Waals surface area (Å²) >= 11 is 0. The van der Waals surface area contributed by atoms with Crippen molar-refractivity contribution in [1.82, 2.24) is 4.98 Å². The SMILES string of the molecule is O=C(O)c1ccccc1-c1cnc2occc2c1. The number of aromatic nitrogens is 1. The molecule has 1 N–H and O–H groups in total. The lowest BCUT2D eigenvalue weighted by Gasteiger charge is -2.05. The molecule has 0 bridgehead atoms. The smallest absolute Gasteiger partial charge is 0.336 e. The molecule has 3 aromatic rings. The number of aromatic carboxylic acids is 1. The number of benzene rings is 1. The second-order valence-corrected chi connectivity index (χ2v) is 3.89. The molecule has 0 aliphatic rings. The molecule has 0 unspecified atom stereocenters. The summed E-state index contributed by atoms with van der Waals surface area (Å²) in [5, 5.41) is 10.0. The van der Waals surface area contributed by atoms with Gasteiger partial charge >= 0.3 is 5.97 Å². The van der Waals surface area contributed by atoms with Crippen LogP contribution in [0.2, 0.25) is 0 Å². The van der Waals surface area contributed by atoms with Crippen LogP contribution in [-0.4, -0.2) is 16.1 Å². The van der Waals surface area contributed by atoms with E-state index < -0.39 is 5.97 Å². The van der Waals surface area contributed by atoms with Gasteiger partial charge < -0.3 is 9.52 Å². The zero-order valence-electron chi connectivity index (χ0n) is 9.33. The van der Waals surface area contributed by atoms with E-state index in [1.54, 1.807) is 42.8 Å². The highest BCUT2D eigenvalue weighted by molar-refractivity contribution is 5.96. The molecule has 1 aromatic carbocycles. The normalized spacial score (nSPS) is 10.7. The third-order valence-electron chi connectivity index (χ3n) is 2.77. The number of hydrogen-bond donors (Lipinski definition) is 1. The van der Waals surface area contributed by atoms with Crippen LogP contribution in [0.5, 0.6) is 0 Å². The van der Waals surface area contributed by atoms with Gasteiger partial charge in [-0.1, -0.05) is 18.2 Å². The first-order chi connectivity index (χ1) is 8.75. The highest BCUT2D eigenvalue weighted by atomic mass is 16.4. The molecule has 0 saturated carbocycles. The van der Waals surface area contributed by atoms with Crippen molar-refractivity contribution in [2.24, 2.45) is 0 Å². The summed E-state index contributed by atoms with van der Waals surface area (Å²) in [6, 6.07) is 10.5. The standard InChI is InChI=1S/C14H9NO3/c16-14(17)12-4-2-1-3-11(12)10-7-9-5-6-18-13(9)15-8-10/h1-8H,(H,16,17). The molecule has 4 heteroatoms. The predicted octanol–water partition coefficient (Wildman–Crippen LogP) is 3.19. The molecule has 2 aromatic heterocycles. The van der Waals surface area contributed by atoms with Crippen LogP contribution in [0.25, 0.3) is 22.2 Å². The molecule has 88 valence electrons. The highest BCUT2D eigenvalue weighted by Gasteiger charge is 2.11. The summed E-state index contributed by atoms with van der Waals surface area (Å²) in [7, 11) is 0. The van der Waals surface area contributed by atoms with Crippen LogP contribution in [0.4, 0.5) is 0 Å². The summed E-state index contributed by atoms with van der Waals surface area (Å²) in [6.45, 7) is 0. The van der Waals surface area contributed by atoms with Gasteiger partial charge in [0.05, 0.1) is 11.8 Å². The van der Waals surface area contributed by atoms with Crippen molar-refractivity contribution in [2.75, 3.05) is 0 Å². The Hall–Kier alpha value is -2.62. The zero-order chi connectivity index (χ0) is 12.5. The van der Waals surface area contributed by atoms with E-state index in [4.69, 9.17) is 9.52 Å². The van der Waals surface area contributed by atoms with Gasteiger partial charge in [0.2, 0.25) is 5.71 Å². The fourth-order valence-corrected chi connectivity index (χ4v) is 1.93. The van der Waals surface area contributed by atoms with E-state index in [2.05, 4.69) is 4.98 Å². The largest absolute Gasteiger partial charge is 0.478 e. The van der Waals surface area contributed by atoms with Crippen LogP contribution < -0.4 is 0 Å². The average molecular weight is 239 g/mol. The Labute approximate surface area is 103 Å². The fraction of sp³-hybridized carbons (Fsp3) is 0. The lowest BCUT2D eigenvalue weighted by atomic mass is 10.0. The molecular weight excluding hydrogens is 230 g/mol. The van der Waals surface area contributed by atoms with Crippen molar-refractivity contribution in [3.8, 4) is 11.1 Å². The van der Waals surface area contributed by atoms with E-state index in [0.717, 1.165) is 10.9 Å². The van der Waals surface area contributed by atoms with Crippen LogP contribution in [-0.2, 0) is 0 Å². The van der Waals surface area contributed by atoms with Crippen molar-refractivity contribution in [3.63, 3.8) is 0 Å². The van der Waals surface area contributed by atoms with Crippen molar-refractivity contribution in [1.29, 1.82) is 0 Å². The molecule has 0 aliphatic heterocycles. The molecule has 0 amide bonds. The summed E-state index contributed by atoms with van der Waals surface area (Å²) in [5.74, 6) is -0.946. The topological polar surface area (TPSA) is 63.3 Å². The molecule has 0 atom stereocenters. The van der Waals surface area contributed by atoms with Gasteiger partial charge in [-0.15, -0.1) is 0 Å². The summed E-state index contributed by atoms with van der Waals surface area (Å²) < 4.78 is 5.16. The van der Waals surface area contributed by atoms with E-state index in [0.29, 0.717) is 11.3 Å². The molecule has 4 nitrogen and oxygen atoms in total. The Morgan fingerprint density at radius 2 is 2.06 bits per heavy atom. The molecular formula is C14H9NO3. The van der Waals surface area contributed by atoms with Crippen LogP contribution in [0.3, 0.4) is 0 Å². The third-order valence-corrected chi connectivity index (χ3v) is 2.77. The molecule has 2 heterocycles. The van der Waals surface area contributed by atoms with Crippen molar-refractivity contribution < 1.29 is 14.3 Å². The van der Waals surface area contributed by atoms with E-state index >= 15 is 0 Å².